The normalized spacial score (nSPS) is 10.3. The van der Waals surface area contributed by atoms with Gasteiger partial charge in [-0.05, 0) is 29.8 Å². The molecule has 0 spiro atoms. The Hall–Kier alpha value is -1.91. The molecule has 5 nitrogen and oxygen atoms in total. The zero-order valence-electron chi connectivity index (χ0n) is 8.71. The van der Waals surface area contributed by atoms with E-state index in [1.807, 2.05) is 31.2 Å². The van der Waals surface area contributed by atoms with E-state index in [4.69, 9.17) is 4.74 Å². The lowest BCUT2D eigenvalue weighted by molar-refractivity contribution is 0.414. The second-order valence-electron chi connectivity index (χ2n) is 3.22. The molecule has 0 bridgehead atoms. The van der Waals surface area contributed by atoms with Crippen LogP contribution in [0.2, 0.25) is 0 Å². The van der Waals surface area contributed by atoms with Gasteiger partial charge in [0.2, 0.25) is 0 Å². The number of ether oxygens (including phenoxy) is 1. The minimum atomic E-state index is 0.630. The molecule has 0 radical (unpaired) electrons. The number of aromatic nitrogens is 4. The maximum atomic E-state index is 5.07. The van der Waals surface area contributed by atoms with E-state index in [1.165, 1.54) is 0 Å². The lowest BCUT2D eigenvalue weighted by Crippen LogP contribution is -2.03. The Kier molecular flexibility index (Phi) is 2.62. The van der Waals surface area contributed by atoms with Crippen LogP contribution in [0.1, 0.15) is 11.4 Å². The molecule has 0 amide bonds. The smallest absolute Gasteiger partial charge is 0.171 e. The van der Waals surface area contributed by atoms with Gasteiger partial charge in [0.15, 0.2) is 5.82 Å². The Morgan fingerprint density at radius 1 is 1.27 bits per heavy atom. The summed E-state index contributed by atoms with van der Waals surface area (Å²) in [5.74, 6) is 1.53. The van der Waals surface area contributed by atoms with Crippen molar-refractivity contribution < 1.29 is 4.74 Å². The highest BCUT2D eigenvalue weighted by Gasteiger charge is 1.99. The van der Waals surface area contributed by atoms with Gasteiger partial charge in [0.1, 0.15) is 5.75 Å². The van der Waals surface area contributed by atoms with Gasteiger partial charge >= 0.3 is 0 Å². The zero-order valence-corrected chi connectivity index (χ0v) is 8.71. The van der Waals surface area contributed by atoms with Crippen LogP contribution in [0, 0.1) is 6.92 Å². The summed E-state index contributed by atoms with van der Waals surface area (Å²) in [6.07, 6.45) is 0. The fourth-order valence-corrected chi connectivity index (χ4v) is 1.28. The molecule has 1 aromatic carbocycles. The maximum Gasteiger partial charge on any atom is 0.171 e. The molecule has 1 heterocycles. The van der Waals surface area contributed by atoms with Crippen molar-refractivity contribution in [1.82, 2.24) is 20.2 Å². The van der Waals surface area contributed by atoms with Gasteiger partial charge in [-0.25, -0.2) is 0 Å². The van der Waals surface area contributed by atoms with Crippen LogP contribution in [0.25, 0.3) is 0 Å². The van der Waals surface area contributed by atoms with Crippen LogP contribution < -0.4 is 4.74 Å². The van der Waals surface area contributed by atoms with Crippen LogP contribution >= 0.6 is 0 Å². The van der Waals surface area contributed by atoms with Gasteiger partial charge in [-0.2, -0.15) is 4.80 Å². The van der Waals surface area contributed by atoms with Crippen molar-refractivity contribution in [3.8, 4) is 5.75 Å². The predicted octanol–water partition coefficient (Wildman–Crippen LogP) is 1.04. The molecule has 0 saturated carbocycles. The molecule has 5 heteroatoms. The highest BCUT2D eigenvalue weighted by Crippen LogP contribution is 2.11. The SMILES string of the molecule is COc1ccc(Cn2nnc(C)n2)cc1. The molecule has 0 aliphatic rings. The lowest BCUT2D eigenvalue weighted by Gasteiger charge is -2.01. The molecule has 2 rings (SSSR count). The summed E-state index contributed by atoms with van der Waals surface area (Å²) in [5, 5.41) is 11.8. The van der Waals surface area contributed by atoms with Crippen LogP contribution in [-0.2, 0) is 6.54 Å². The fraction of sp³-hybridized carbons (Fsp3) is 0.300. The Labute approximate surface area is 87.7 Å². The summed E-state index contributed by atoms with van der Waals surface area (Å²) >= 11 is 0. The minimum absolute atomic E-state index is 0.630. The molecule has 2 aromatic rings. The predicted molar refractivity (Wildman–Crippen MR) is 54.7 cm³/mol. The Morgan fingerprint density at radius 2 is 2.00 bits per heavy atom. The third kappa shape index (κ3) is 2.31. The van der Waals surface area contributed by atoms with Crippen molar-refractivity contribution in [2.75, 3.05) is 7.11 Å². The molecule has 1 aromatic heterocycles. The monoisotopic (exact) mass is 204 g/mol. The van der Waals surface area contributed by atoms with E-state index in [-0.39, 0.29) is 0 Å². The summed E-state index contributed by atoms with van der Waals surface area (Å²) in [6.45, 7) is 2.45. The second-order valence-corrected chi connectivity index (χ2v) is 3.22. The summed E-state index contributed by atoms with van der Waals surface area (Å²) in [5.41, 5.74) is 1.12. The average molecular weight is 204 g/mol. The zero-order chi connectivity index (χ0) is 10.7. The summed E-state index contributed by atoms with van der Waals surface area (Å²) in [6, 6.07) is 7.80. The standard InChI is InChI=1S/C10H12N4O/c1-8-11-13-14(12-8)7-9-3-5-10(15-2)6-4-9/h3-6H,7H2,1-2H3. The number of rotatable bonds is 3. The van der Waals surface area contributed by atoms with Gasteiger partial charge in [0.25, 0.3) is 0 Å². The molecule has 78 valence electrons. The minimum Gasteiger partial charge on any atom is -0.497 e. The first-order chi connectivity index (χ1) is 7.28. The first kappa shape index (κ1) is 9.64. The van der Waals surface area contributed by atoms with Crippen molar-refractivity contribution in [3.63, 3.8) is 0 Å². The van der Waals surface area contributed by atoms with Gasteiger partial charge in [-0.3, -0.25) is 0 Å². The number of aryl methyl sites for hydroxylation is 1. The number of methoxy groups -OCH3 is 1. The molecular formula is C10H12N4O. The van der Waals surface area contributed by atoms with Crippen molar-refractivity contribution in [3.05, 3.63) is 35.7 Å². The first-order valence-corrected chi connectivity index (χ1v) is 4.65. The number of hydrogen-bond acceptors (Lipinski definition) is 4. The quantitative estimate of drug-likeness (QED) is 0.749. The van der Waals surface area contributed by atoms with E-state index in [0.717, 1.165) is 11.3 Å². The second kappa shape index (κ2) is 4.08. The molecule has 0 atom stereocenters. The average Bonchev–Trinajstić information content (AvgIpc) is 2.65. The van der Waals surface area contributed by atoms with E-state index >= 15 is 0 Å². The summed E-state index contributed by atoms with van der Waals surface area (Å²) in [4.78, 5) is 1.57. The van der Waals surface area contributed by atoms with Crippen LogP contribution in [-0.4, -0.2) is 27.3 Å². The molecule has 0 fully saturated rings. The molecular weight excluding hydrogens is 192 g/mol. The summed E-state index contributed by atoms with van der Waals surface area (Å²) in [7, 11) is 1.65. The van der Waals surface area contributed by atoms with Gasteiger partial charge in [-0.15, -0.1) is 10.2 Å². The van der Waals surface area contributed by atoms with Crippen molar-refractivity contribution in [2.24, 2.45) is 0 Å². The van der Waals surface area contributed by atoms with Gasteiger partial charge in [0.05, 0.1) is 13.7 Å². The topological polar surface area (TPSA) is 52.8 Å². The van der Waals surface area contributed by atoms with E-state index in [2.05, 4.69) is 15.4 Å². The molecule has 0 N–H and O–H groups in total. The van der Waals surface area contributed by atoms with Crippen molar-refractivity contribution in [2.45, 2.75) is 13.5 Å². The van der Waals surface area contributed by atoms with Crippen LogP contribution in [0.5, 0.6) is 5.75 Å². The largest absolute Gasteiger partial charge is 0.497 e. The van der Waals surface area contributed by atoms with Crippen molar-refractivity contribution in [1.29, 1.82) is 0 Å². The van der Waals surface area contributed by atoms with Crippen molar-refractivity contribution >= 4 is 0 Å². The van der Waals surface area contributed by atoms with E-state index in [0.29, 0.717) is 12.4 Å². The molecule has 0 aliphatic heterocycles. The van der Waals surface area contributed by atoms with Crippen LogP contribution in [0.15, 0.2) is 24.3 Å². The van der Waals surface area contributed by atoms with Crippen LogP contribution in [0.4, 0.5) is 0 Å². The van der Waals surface area contributed by atoms with E-state index in [1.54, 1.807) is 11.9 Å². The number of nitrogens with zero attached hydrogens (tertiary/aromatic N) is 4. The van der Waals surface area contributed by atoms with E-state index < -0.39 is 0 Å². The first-order valence-electron chi connectivity index (χ1n) is 4.65. The lowest BCUT2D eigenvalue weighted by atomic mass is 10.2. The van der Waals surface area contributed by atoms with E-state index in [9.17, 15) is 0 Å². The highest BCUT2D eigenvalue weighted by molar-refractivity contribution is 5.26. The molecule has 15 heavy (non-hydrogen) atoms. The Balaban J connectivity index is 2.11. The highest BCUT2D eigenvalue weighted by atomic mass is 16.5. The maximum absolute atomic E-state index is 5.07. The molecule has 0 aliphatic carbocycles. The van der Waals surface area contributed by atoms with Gasteiger partial charge in [-0.1, -0.05) is 12.1 Å². The fourth-order valence-electron chi connectivity index (χ4n) is 1.28. The molecule has 0 unspecified atom stereocenters. The van der Waals surface area contributed by atoms with Gasteiger partial charge < -0.3 is 4.74 Å². The number of tetrazole rings is 1. The van der Waals surface area contributed by atoms with Crippen LogP contribution in [0.3, 0.4) is 0 Å². The van der Waals surface area contributed by atoms with Gasteiger partial charge in [0, 0.05) is 0 Å². The number of hydrogen-bond donors (Lipinski definition) is 0. The third-order valence-electron chi connectivity index (χ3n) is 2.04. The Morgan fingerprint density at radius 3 is 2.53 bits per heavy atom. The molecule has 0 saturated heterocycles. The Bertz CT molecular complexity index is 435. The third-order valence-corrected chi connectivity index (χ3v) is 2.04. The summed E-state index contributed by atoms with van der Waals surface area (Å²) < 4.78 is 5.07. The number of benzene rings is 1.